The first-order valence-corrected chi connectivity index (χ1v) is 11.3. The highest BCUT2D eigenvalue weighted by Crippen LogP contribution is 2.33. The second-order valence-corrected chi connectivity index (χ2v) is 9.60. The standard InChI is InChI=1S/C24H26N2O2S/c1-17-5-4-6-20-15-22(11-12-23(17)20)29(27,28)25-21-10-9-18-7-8-19(24(18)16-21)13-14-26(2)3/h4-6,8-12,15-16,25H,7,13-14H2,1-3H3. The number of allylic oxidation sites excluding steroid dienone is 1. The Morgan fingerprint density at radius 1 is 1.03 bits per heavy atom. The van der Waals surface area contributed by atoms with Crippen LogP contribution in [0.1, 0.15) is 23.1 Å². The van der Waals surface area contributed by atoms with E-state index in [1.807, 2.05) is 49.4 Å². The molecular weight excluding hydrogens is 380 g/mol. The molecule has 5 heteroatoms. The molecule has 3 aromatic carbocycles. The van der Waals surface area contributed by atoms with Crippen molar-refractivity contribution in [3.8, 4) is 0 Å². The van der Waals surface area contributed by atoms with Crippen LogP contribution < -0.4 is 4.72 Å². The van der Waals surface area contributed by atoms with Crippen LogP contribution >= 0.6 is 0 Å². The smallest absolute Gasteiger partial charge is 0.261 e. The Morgan fingerprint density at radius 3 is 2.66 bits per heavy atom. The number of nitrogens with one attached hydrogen (secondary N) is 1. The summed E-state index contributed by atoms with van der Waals surface area (Å²) in [6, 6.07) is 17.0. The summed E-state index contributed by atoms with van der Waals surface area (Å²) in [5.41, 5.74) is 5.43. The van der Waals surface area contributed by atoms with Gasteiger partial charge < -0.3 is 4.90 Å². The monoisotopic (exact) mass is 406 g/mol. The molecular formula is C24H26N2O2S. The van der Waals surface area contributed by atoms with Gasteiger partial charge in [0, 0.05) is 12.2 Å². The molecule has 1 N–H and O–H groups in total. The van der Waals surface area contributed by atoms with E-state index in [1.165, 1.54) is 11.1 Å². The molecule has 0 heterocycles. The fourth-order valence-electron chi connectivity index (χ4n) is 3.85. The lowest BCUT2D eigenvalue weighted by Crippen LogP contribution is -2.14. The van der Waals surface area contributed by atoms with Gasteiger partial charge in [0.25, 0.3) is 10.0 Å². The summed E-state index contributed by atoms with van der Waals surface area (Å²) in [5, 5.41) is 2.00. The van der Waals surface area contributed by atoms with E-state index in [2.05, 4.69) is 29.8 Å². The number of rotatable bonds is 6. The van der Waals surface area contributed by atoms with Gasteiger partial charge in [-0.2, -0.15) is 0 Å². The predicted molar refractivity (Wildman–Crippen MR) is 121 cm³/mol. The Bertz CT molecular complexity index is 1210. The lowest BCUT2D eigenvalue weighted by molar-refractivity contribution is 0.419. The Balaban J connectivity index is 1.61. The third-order valence-corrected chi connectivity index (χ3v) is 6.86. The molecule has 4 rings (SSSR count). The number of benzene rings is 3. The molecule has 0 aromatic heterocycles. The first-order chi connectivity index (χ1) is 13.8. The Labute approximate surface area is 172 Å². The van der Waals surface area contributed by atoms with Gasteiger partial charge in [0.05, 0.1) is 4.90 Å². The Hall–Kier alpha value is -2.63. The van der Waals surface area contributed by atoms with Gasteiger partial charge in [-0.3, -0.25) is 4.72 Å². The van der Waals surface area contributed by atoms with Crippen LogP contribution in [0.3, 0.4) is 0 Å². The van der Waals surface area contributed by atoms with Gasteiger partial charge in [-0.05, 0) is 91.2 Å². The van der Waals surface area contributed by atoms with E-state index in [0.29, 0.717) is 5.69 Å². The predicted octanol–water partition coefficient (Wildman–Crippen LogP) is 4.84. The van der Waals surface area contributed by atoms with E-state index in [-0.39, 0.29) is 4.90 Å². The van der Waals surface area contributed by atoms with E-state index < -0.39 is 10.0 Å². The minimum atomic E-state index is -3.66. The van der Waals surface area contributed by atoms with Gasteiger partial charge in [0.1, 0.15) is 0 Å². The molecule has 4 nitrogen and oxygen atoms in total. The minimum Gasteiger partial charge on any atom is -0.309 e. The summed E-state index contributed by atoms with van der Waals surface area (Å²) < 4.78 is 28.8. The molecule has 0 fully saturated rings. The fraction of sp³-hybridized carbons (Fsp3) is 0.250. The number of fused-ring (bicyclic) bond motifs is 2. The highest BCUT2D eigenvalue weighted by atomic mass is 32.2. The molecule has 1 aliphatic carbocycles. The molecule has 0 saturated carbocycles. The van der Waals surface area contributed by atoms with Crippen LogP contribution in [-0.4, -0.2) is 34.0 Å². The van der Waals surface area contributed by atoms with Crippen LogP contribution in [-0.2, 0) is 16.4 Å². The largest absolute Gasteiger partial charge is 0.309 e. The quantitative estimate of drug-likeness (QED) is 0.637. The molecule has 0 aliphatic heterocycles. The second kappa shape index (κ2) is 7.65. The third-order valence-electron chi connectivity index (χ3n) is 5.48. The summed E-state index contributed by atoms with van der Waals surface area (Å²) in [7, 11) is 0.467. The lowest BCUT2D eigenvalue weighted by atomic mass is 10.0. The Morgan fingerprint density at radius 2 is 1.86 bits per heavy atom. The SMILES string of the molecule is Cc1cccc2cc(S(=O)(=O)Nc3ccc4c(c3)C(CCN(C)C)=CC4)ccc12. The van der Waals surface area contributed by atoms with Crippen LogP contribution in [0.4, 0.5) is 5.69 Å². The minimum absolute atomic E-state index is 0.277. The zero-order valence-electron chi connectivity index (χ0n) is 17.1. The fourth-order valence-corrected chi connectivity index (χ4v) is 4.93. The first kappa shape index (κ1) is 19.7. The zero-order valence-corrected chi connectivity index (χ0v) is 17.9. The number of nitrogens with zero attached hydrogens (tertiary/aromatic N) is 1. The van der Waals surface area contributed by atoms with Crippen molar-refractivity contribution in [3.05, 3.63) is 77.4 Å². The number of hydrogen-bond acceptors (Lipinski definition) is 3. The van der Waals surface area contributed by atoms with Crippen molar-refractivity contribution in [1.82, 2.24) is 4.90 Å². The van der Waals surface area contributed by atoms with E-state index in [0.717, 1.165) is 41.3 Å². The second-order valence-electron chi connectivity index (χ2n) is 7.92. The average Bonchev–Trinajstić information content (AvgIpc) is 3.08. The summed E-state index contributed by atoms with van der Waals surface area (Å²) in [5.74, 6) is 0. The molecule has 0 saturated heterocycles. The number of anilines is 1. The van der Waals surface area contributed by atoms with E-state index >= 15 is 0 Å². The van der Waals surface area contributed by atoms with Crippen LogP contribution in [0.2, 0.25) is 0 Å². The summed E-state index contributed by atoms with van der Waals surface area (Å²) in [4.78, 5) is 2.44. The lowest BCUT2D eigenvalue weighted by Gasteiger charge is -2.14. The van der Waals surface area contributed by atoms with Gasteiger partial charge in [-0.15, -0.1) is 0 Å². The molecule has 0 radical (unpaired) electrons. The average molecular weight is 407 g/mol. The van der Waals surface area contributed by atoms with Crippen molar-refractivity contribution in [3.63, 3.8) is 0 Å². The maximum atomic E-state index is 13.0. The topological polar surface area (TPSA) is 49.4 Å². The molecule has 1 aliphatic rings. The van der Waals surface area contributed by atoms with Crippen molar-refractivity contribution >= 4 is 32.1 Å². The molecule has 0 unspecified atom stereocenters. The van der Waals surface area contributed by atoms with Gasteiger partial charge >= 0.3 is 0 Å². The summed E-state index contributed by atoms with van der Waals surface area (Å²) >= 11 is 0. The van der Waals surface area contributed by atoms with Crippen molar-refractivity contribution in [2.45, 2.75) is 24.7 Å². The molecule has 0 spiro atoms. The molecule has 3 aromatic rings. The van der Waals surface area contributed by atoms with Gasteiger partial charge in [0.2, 0.25) is 0 Å². The van der Waals surface area contributed by atoms with Crippen molar-refractivity contribution in [1.29, 1.82) is 0 Å². The number of sulfonamides is 1. The van der Waals surface area contributed by atoms with Crippen molar-refractivity contribution in [2.75, 3.05) is 25.4 Å². The maximum absolute atomic E-state index is 13.0. The number of aryl methyl sites for hydroxylation is 1. The first-order valence-electron chi connectivity index (χ1n) is 9.83. The van der Waals surface area contributed by atoms with Crippen molar-refractivity contribution in [2.24, 2.45) is 0 Å². The molecule has 0 bridgehead atoms. The van der Waals surface area contributed by atoms with Crippen LogP contribution in [0.15, 0.2) is 65.6 Å². The molecule has 150 valence electrons. The normalized spacial score (nSPS) is 13.6. The van der Waals surface area contributed by atoms with Gasteiger partial charge in [-0.25, -0.2) is 8.42 Å². The van der Waals surface area contributed by atoms with Crippen molar-refractivity contribution < 1.29 is 8.42 Å². The summed E-state index contributed by atoms with van der Waals surface area (Å²) in [6.45, 7) is 3.00. The maximum Gasteiger partial charge on any atom is 0.261 e. The van der Waals surface area contributed by atoms with Gasteiger partial charge in [-0.1, -0.05) is 36.4 Å². The number of hydrogen-bond donors (Lipinski definition) is 1. The van der Waals surface area contributed by atoms with Gasteiger partial charge in [0.15, 0.2) is 0 Å². The summed E-state index contributed by atoms with van der Waals surface area (Å²) in [6.07, 6.45) is 4.12. The van der Waals surface area contributed by atoms with E-state index in [9.17, 15) is 8.42 Å². The van der Waals surface area contributed by atoms with Crippen LogP contribution in [0.5, 0.6) is 0 Å². The van der Waals surface area contributed by atoms with Crippen LogP contribution in [0.25, 0.3) is 16.3 Å². The molecule has 29 heavy (non-hydrogen) atoms. The highest BCUT2D eigenvalue weighted by Gasteiger charge is 2.18. The zero-order chi connectivity index (χ0) is 20.6. The van der Waals surface area contributed by atoms with E-state index in [1.54, 1.807) is 12.1 Å². The Kier molecular flexibility index (Phi) is 5.19. The molecule has 0 atom stereocenters. The van der Waals surface area contributed by atoms with Crippen LogP contribution in [0, 0.1) is 6.92 Å². The third kappa shape index (κ3) is 4.07. The molecule has 0 amide bonds. The highest BCUT2D eigenvalue weighted by molar-refractivity contribution is 7.92. The van der Waals surface area contributed by atoms with E-state index in [4.69, 9.17) is 0 Å².